The molecule has 2 aromatic rings. The van der Waals surface area contributed by atoms with E-state index in [4.69, 9.17) is 4.52 Å². The highest BCUT2D eigenvalue weighted by Gasteiger charge is 2.19. The number of nitrogens with zero attached hydrogens (tertiary/aromatic N) is 4. The van der Waals surface area contributed by atoms with Crippen molar-refractivity contribution in [3.05, 3.63) is 35.6 Å². The lowest BCUT2D eigenvalue weighted by molar-refractivity contribution is -0.117. The van der Waals surface area contributed by atoms with Crippen LogP contribution in [0.2, 0.25) is 0 Å². The fraction of sp³-hybridized carbons (Fsp3) is 0.385. The van der Waals surface area contributed by atoms with Gasteiger partial charge >= 0.3 is 0 Å². The number of carbonyl (C=O) groups is 1. The zero-order valence-corrected chi connectivity index (χ0v) is 11.2. The summed E-state index contributed by atoms with van der Waals surface area (Å²) >= 11 is 0. The van der Waals surface area contributed by atoms with Crippen molar-refractivity contribution in [2.75, 3.05) is 18.4 Å². The van der Waals surface area contributed by atoms with Crippen LogP contribution in [0, 0.1) is 6.92 Å². The van der Waals surface area contributed by atoms with Gasteiger partial charge in [-0.25, -0.2) is 9.97 Å². The maximum atomic E-state index is 11.9. The highest BCUT2D eigenvalue weighted by Crippen LogP contribution is 2.15. The largest absolute Gasteiger partial charge is 0.360 e. The average Bonchev–Trinajstić information content (AvgIpc) is 2.83. The Bertz CT molecular complexity index is 625. The van der Waals surface area contributed by atoms with Crippen LogP contribution in [0.4, 0.5) is 5.82 Å². The maximum Gasteiger partial charge on any atom is 0.239 e. The molecule has 104 valence electrons. The van der Waals surface area contributed by atoms with Crippen molar-refractivity contribution in [3.8, 4) is 0 Å². The molecular formula is C13H15N5O2. The second kappa shape index (κ2) is 5.38. The molecule has 0 aromatic carbocycles. The fourth-order valence-electron chi connectivity index (χ4n) is 2.25. The summed E-state index contributed by atoms with van der Waals surface area (Å²) in [4.78, 5) is 22.3. The topological polar surface area (TPSA) is 84.2 Å². The first-order valence-corrected chi connectivity index (χ1v) is 6.44. The lowest BCUT2D eigenvalue weighted by Crippen LogP contribution is -2.37. The molecule has 3 heterocycles. The highest BCUT2D eigenvalue weighted by molar-refractivity contribution is 5.91. The van der Waals surface area contributed by atoms with Crippen molar-refractivity contribution in [3.63, 3.8) is 0 Å². The van der Waals surface area contributed by atoms with E-state index in [-0.39, 0.29) is 5.91 Å². The van der Waals surface area contributed by atoms with E-state index in [1.54, 1.807) is 19.3 Å². The standard InChI is InChI=1S/C13H15N5O2/c1-9-4-12(17-20-9)16-13(19)7-18-3-2-10-5-14-8-15-11(10)6-18/h4-5,8H,2-3,6-7H2,1H3,(H,16,17,19). The predicted octanol–water partition coefficient (Wildman–Crippen LogP) is 0.770. The van der Waals surface area contributed by atoms with E-state index in [2.05, 4.69) is 25.3 Å². The van der Waals surface area contributed by atoms with Gasteiger partial charge in [0.25, 0.3) is 0 Å². The quantitative estimate of drug-likeness (QED) is 0.889. The molecule has 0 spiro atoms. The Morgan fingerprint density at radius 2 is 2.45 bits per heavy atom. The Balaban J connectivity index is 1.58. The molecule has 0 radical (unpaired) electrons. The van der Waals surface area contributed by atoms with E-state index in [0.29, 0.717) is 24.7 Å². The third-order valence-electron chi connectivity index (χ3n) is 3.21. The van der Waals surface area contributed by atoms with Gasteiger partial charge in [-0.05, 0) is 18.9 Å². The van der Waals surface area contributed by atoms with Crippen LogP contribution < -0.4 is 5.32 Å². The summed E-state index contributed by atoms with van der Waals surface area (Å²) < 4.78 is 4.91. The Hall–Kier alpha value is -2.28. The van der Waals surface area contributed by atoms with E-state index in [1.165, 1.54) is 0 Å². The molecule has 0 aliphatic carbocycles. The number of fused-ring (bicyclic) bond motifs is 1. The highest BCUT2D eigenvalue weighted by atomic mass is 16.5. The van der Waals surface area contributed by atoms with Crippen LogP contribution in [0.15, 0.2) is 23.1 Å². The molecule has 0 fully saturated rings. The van der Waals surface area contributed by atoms with E-state index >= 15 is 0 Å². The Morgan fingerprint density at radius 3 is 3.25 bits per heavy atom. The van der Waals surface area contributed by atoms with Gasteiger partial charge in [0, 0.05) is 25.4 Å². The van der Waals surface area contributed by atoms with Crippen LogP contribution in [0.25, 0.3) is 0 Å². The van der Waals surface area contributed by atoms with E-state index in [1.807, 2.05) is 6.20 Å². The summed E-state index contributed by atoms with van der Waals surface area (Å²) in [6.45, 7) is 3.59. The van der Waals surface area contributed by atoms with Gasteiger partial charge in [-0.3, -0.25) is 9.69 Å². The van der Waals surface area contributed by atoms with Crippen LogP contribution in [-0.4, -0.2) is 39.0 Å². The van der Waals surface area contributed by atoms with Gasteiger partial charge in [-0.15, -0.1) is 0 Å². The molecule has 20 heavy (non-hydrogen) atoms. The fourth-order valence-corrected chi connectivity index (χ4v) is 2.25. The summed E-state index contributed by atoms with van der Waals surface area (Å²) in [5.41, 5.74) is 2.16. The van der Waals surface area contributed by atoms with E-state index < -0.39 is 0 Å². The van der Waals surface area contributed by atoms with Crippen molar-refractivity contribution >= 4 is 11.7 Å². The summed E-state index contributed by atoms with van der Waals surface area (Å²) in [6, 6.07) is 1.69. The third-order valence-corrected chi connectivity index (χ3v) is 3.21. The van der Waals surface area contributed by atoms with Gasteiger partial charge < -0.3 is 9.84 Å². The van der Waals surface area contributed by atoms with E-state index in [0.717, 1.165) is 24.2 Å². The third kappa shape index (κ3) is 2.83. The first kappa shape index (κ1) is 12.7. The molecular weight excluding hydrogens is 258 g/mol. The zero-order chi connectivity index (χ0) is 13.9. The predicted molar refractivity (Wildman–Crippen MR) is 70.9 cm³/mol. The van der Waals surface area contributed by atoms with Gasteiger partial charge in [0.15, 0.2) is 5.82 Å². The van der Waals surface area contributed by atoms with Gasteiger partial charge in [-0.1, -0.05) is 5.16 Å². The summed E-state index contributed by atoms with van der Waals surface area (Å²) in [6.07, 6.45) is 4.25. The number of carbonyl (C=O) groups excluding carboxylic acids is 1. The lowest BCUT2D eigenvalue weighted by Gasteiger charge is -2.26. The minimum atomic E-state index is -0.101. The van der Waals surface area contributed by atoms with Crippen molar-refractivity contribution in [2.45, 2.75) is 19.9 Å². The first-order chi connectivity index (χ1) is 9.70. The second-order valence-corrected chi connectivity index (χ2v) is 4.83. The summed E-state index contributed by atoms with van der Waals surface area (Å²) in [5.74, 6) is 1.02. The van der Waals surface area contributed by atoms with Crippen molar-refractivity contribution in [1.82, 2.24) is 20.0 Å². The monoisotopic (exact) mass is 273 g/mol. The molecule has 7 nitrogen and oxygen atoms in total. The Labute approximate surface area is 116 Å². The number of aromatic nitrogens is 3. The normalized spacial score (nSPS) is 14.8. The van der Waals surface area contributed by atoms with Crippen molar-refractivity contribution in [2.24, 2.45) is 0 Å². The van der Waals surface area contributed by atoms with Crippen LogP contribution in [-0.2, 0) is 17.8 Å². The van der Waals surface area contributed by atoms with Crippen LogP contribution in [0.5, 0.6) is 0 Å². The van der Waals surface area contributed by atoms with Gasteiger partial charge in [0.2, 0.25) is 5.91 Å². The van der Waals surface area contributed by atoms with Gasteiger partial charge in [0.1, 0.15) is 12.1 Å². The lowest BCUT2D eigenvalue weighted by atomic mass is 10.1. The maximum absolute atomic E-state index is 11.9. The molecule has 0 unspecified atom stereocenters. The molecule has 7 heteroatoms. The number of hydrogen-bond donors (Lipinski definition) is 1. The summed E-state index contributed by atoms with van der Waals surface area (Å²) in [5, 5.41) is 6.45. The SMILES string of the molecule is Cc1cc(NC(=O)CN2CCc3cncnc3C2)no1. The Morgan fingerprint density at radius 1 is 1.55 bits per heavy atom. The zero-order valence-electron chi connectivity index (χ0n) is 11.2. The molecule has 3 rings (SSSR count). The molecule has 2 aromatic heterocycles. The van der Waals surface area contributed by atoms with Gasteiger partial charge in [-0.2, -0.15) is 0 Å². The minimum absolute atomic E-state index is 0.101. The molecule has 1 amide bonds. The van der Waals surface area contributed by atoms with Crippen molar-refractivity contribution in [1.29, 1.82) is 0 Å². The number of nitrogens with one attached hydrogen (secondary N) is 1. The molecule has 1 aliphatic heterocycles. The molecule has 0 saturated carbocycles. The smallest absolute Gasteiger partial charge is 0.239 e. The molecule has 1 aliphatic rings. The number of amides is 1. The molecule has 0 saturated heterocycles. The number of anilines is 1. The minimum Gasteiger partial charge on any atom is -0.360 e. The van der Waals surface area contributed by atoms with Crippen LogP contribution in [0.1, 0.15) is 17.0 Å². The van der Waals surface area contributed by atoms with E-state index in [9.17, 15) is 4.79 Å². The molecule has 0 atom stereocenters. The number of hydrogen-bond acceptors (Lipinski definition) is 6. The second-order valence-electron chi connectivity index (χ2n) is 4.83. The Kier molecular flexibility index (Phi) is 3.42. The summed E-state index contributed by atoms with van der Waals surface area (Å²) in [7, 11) is 0. The molecule has 1 N–H and O–H groups in total. The van der Waals surface area contributed by atoms with Gasteiger partial charge in [0.05, 0.1) is 12.2 Å². The van der Waals surface area contributed by atoms with Crippen LogP contribution in [0.3, 0.4) is 0 Å². The van der Waals surface area contributed by atoms with Crippen LogP contribution >= 0.6 is 0 Å². The molecule has 0 bridgehead atoms. The number of aryl methyl sites for hydroxylation is 1. The van der Waals surface area contributed by atoms with Crippen molar-refractivity contribution < 1.29 is 9.32 Å². The average molecular weight is 273 g/mol. The first-order valence-electron chi connectivity index (χ1n) is 6.44. The number of rotatable bonds is 3.